The zero-order chi connectivity index (χ0) is 23.5. The summed E-state index contributed by atoms with van der Waals surface area (Å²) in [4.78, 5) is 28.9. The topological polar surface area (TPSA) is 62.3 Å². The van der Waals surface area contributed by atoms with Crippen molar-refractivity contribution in [1.29, 1.82) is 0 Å². The third kappa shape index (κ3) is 5.05. The second-order valence-electron chi connectivity index (χ2n) is 8.02. The maximum absolute atomic E-state index is 13.8. The quantitative estimate of drug-likeness (QED) is 0.424. The van der Waals surface area contributed by atoms with Crippen molar-refractivity contribution >= 4 is 52.2 Å². The monoisotopic (exact) mass is 505 g/mol. The van der Waals surface area contributed by atoms with Crippen LogP contribution >= 0.6 is 34.7 Å². The Kier molecular flexibility index (Phi) is 7.32. The van der Waals surface area contributed by atoms with Gasteiger partial charge in [-0.25, -0.2) is 4.39 Å². The third-order valence-corrected chi connectivity index (χ3v) is 7.40. The Balaban J connectivity index is 1.85. The molecular weight excluding hydrogens is 484 g/mol. The molecule has 0 saturated heterocycles. The van der Waals surface area contributed by atoms with Gasteiger partial charge >= 0.3 is 0 Å². The van der Waals surface area contributed by atoms with Gasteiger partial charge in [-0.2, -0.15) is 4.37 Å². The van der Waals surface area contributed by atoms with E-state index in [1.165, 1.54) is 29.2 Å². The van der Waals surface area contributed by atoms with Gasteiger partial charge in [-0.15, -0.1) is 0 Å². The first-order valence-electron chi connectivity index (χ1n) is 10.6. The predicted octanol–water partition coefficient (Wildman–Crippen LogP) is 6.34. The molecule has 1 aromatic heterocycles. The first-order chi connectivity index (χ1) is 15.9. The average Bonchev–Trinajstić information content (AvgIpc) is 3.43. The molecule has 1 saturated carbocycles. The maximum atomic E-state index is 13.8. The van der Waals surface area contributed by atoms with Crippen molar-refractivity contribution in [2.24, 2.45) is 0 Å². The fourth-order valence-electron chi connectivity index (χ4n) is 4.12. The van der Waals surface area contributed by atoms with Crippen LogP contribution in [0.25, 0.3) is 0 Å². The van der Waals surface area contributed by atoms with Crippen LogP contribution in [0.15, 0.2) is 48.5 Å². The molecule has 1 heterocycles. The van der Waals surface area contributed by atoms with E-state index in [0.717, 1.165) is 42.8 Å². The lowest BCUT2D eigenvalue weighted by Gasteiger charge is -2.33. The van der Waals surface area contributed by atoms with Gasteiger partial charge in [0.15, 0.2) is 5.69 Å². The van der Waals surface area contributed by atoms with Gasteiger partial charge in [0, 0.05) is 11.7 Å². The van der Waals surface area contributed by atoms with E-state index in [9.17, 15) is 14.0 Å². The molecule has 172 valence electrons. The van der Waals surface area contributed by atoms with Crippen LogP contribution in [0.4, 0.5) is 10.1 Å². The number of hydrogen-bond acceptors (Lipinski definition) is 4. The van der Waals surface area contributed by atoms with Gasteiger partial charge in [0.2, 0.25) is 5.91 Å². The molecule has 0 unspecified atom stereocenters. The summed E-state index contributed by atoms with van der Waals surface area (Å²) in [6.07, 6.45) is 3.85. The average molecular weight is 506 g/mol. The van der Waals surface area contributed by atoms with Gasteiger partial charge in [0.1, 0.15) is 21.2 Å². The van der Waals surface area contributed by atoms with Gasteiger partial charge in [-0.05, 0) is 60.6 Å². The molecule has 2 amide bonds. The van der Waals surface area contributed by atoms with Crippen molar-refractivity contribution in [3.05, 3.63) is 80.5 Å². The van der Waals surface area contributed by atoms with E-state index in [1.54, 1.807) is 12.1 Å². The van der Waals surface area contributed by atoms with Crippen molar-refractivity contribution in [1.82, 2.24) is 9.69 Å². The van der Waals surface area contributed by atoms with Crippen LogP contribution in [0.1, 0.15) is 53.3 Å². The predicted molar refractivity (Wildman–Crippen MR) is 130 cm³/mol. The Labute approximate surface area is 205 Å². The normalized spacial score (nSPS) is 14.8. The zero-order valence-electron chi connectivity index (χ0n) is 17.9. The van der Waals surface area contributed by atoms with E-state index in [4.69, 9.17) is 23.2 Å². The summed E-state index contributed by atoms with van der Waals surface area (Å²) in [6.45, 7) is 1.85. The number of benzene rings is 2. The van der Waals surface area contributed by atoms with Crippen molar-refractivity contribution in [2.45, 2.75) is 44.7 Å². The standard InChI is InChI=1S/C24H22Cl2FN3O2S/c1-14-6-2-5-9-18(14)30(24(32)20-19(25)22(26)33-29-20)21(15-10-12-16(27)13-11-15)23(31)28-17-7-3-4-8-17/h2,5-6,9-13,17,21H,3-4,7-8H2,1H3,(H,28,31)/t21-/m1/s1. The van der Waals surface area contributed by atoms with Crippen LogP contribution in [-0.2, 0) is 4.79 Å². The van der Waals surface area contributed by atoms with Crippen LogP contribution in [-0.4, -0.2) is 22.2 Å². The van der Waals surface area contributed by atoms with E-state index in [0.29, 0.717) is 11.3 Å². The number of nitrogens with zero attached hydrogens (tertiary/aromatic N) is 2. The number of amides is 2. The molecule has 0 aliphatic heterocycles. The smallest absolute Gasteiger partial charge is 0.280 e. The lowest BCUT2D eigenvalue weighted by molar-refractivity contribution is -0.123. The first-order valence-corrected chi connectivity index (χ1v) is 12.2. The Morgan fingerprint density at radius 3 is 2.39 bits per heavy atom. The summed E-state index contributed by atoms with van der Waals surface area (Å²) in [5.74, 6) is -1.34. The van der Waals surface area contributed by atoms with E-state index in [-0.39, 0.29) is 27.0 Å². The van der Waals surface area contributed by atoms with Gasteiger partial charge in [0.25, 0.3) is 5.91 Å². The number of carbonyl (C=O) groups excluding carboxylic acids is 2. The van der Waals surface area contributed by atoms with Crippen LogP contribution in [0.3, 0.4) is 0 Å². The highest BCUT2D eigenvalue weighted by Crippen LogP contribution is 2.36. The lowest BCUT2D eigenvalue weighted by atomic mass is 10.0. The van der Waals surface area contributed by atoms with Gasteiger partial charge in [-0.3, -0.25) is 14.5 Å². The molecule has 0 bridgehead atoms. The summed E-state index contributed by atoms with van der Waals surface area (Å²) in [6, 6.07) is 11.8. The van der Waals surface area contributed by atoms with Crippen molar-refractivity contribution in [3.63, 3.8) is 0 Å². The molecule has 2 aromatic carbocycles. The minimum Gasteiger partial charge on any atom is -0.351 e. The highest BCUT2D eigenvalue weighted by molar-refractivity contribution is 7.11. The number of carbonyl (C=O) groups is 2. The maximum Gasteiger partial charge on any atom is 0.280 e. The van der Waals surface area contributed by atoms with Gasteiger partial charge < -0.3 is 5.32 Å². The minimum atomic E-state index is -1.06. The Hall–Kier alpha value is -2.48. The second-order valence-corrected chi connectivity index (χ2v) is 9.78. The summed E-state index contributed by atoms with van der Waals surface area (Å²) >= 11 is 13.3. The number of anilines is 1. The molecule has 33 heavy (non-hydrogen) atoms. The van der Waals surface area contributed by atoms with Gasteiger partial charge in [0.05, 0.1) is 0 Å². The Morgan fingerprint density at radius 2 is 1.79 bits per heavy atom. The number of para-hydroxylation sites is 1. The Bertz CT molecular complexity index is 1160. The number of halogens is 3. The van der Waals surface area contributed by atoms with Crippen LogP contribution in [0.5, 0.6) is 0 Å². The summed E-state index contributed by atoms with van der Waals surface area (Å²) in [5, 5.41) is 3.13. The minimum absolute atomic E-state index is 0.0318. The molecule has 5 nitrogen and oxygen atoms in total. The highest BCUT2D eigenvalue weighted by Gasteiger charge is 2.37. The third-order valence-electron chi connectivity index (χ3n) is 5.79. The van der Waals surface area contributed by atoms with Crippen molar-refractivity contribution in [2.75, 3.05) is 4.90 Å². The summed E-state index contributed by atoms with van der Waals surface area (Å²) < 4.78 is 18.1. The molecule has 1 fully saturated rings. The molecule has 3 aromatic rings. The van der Waals surface area contributed by atoms with Crippen molar-refractivity contribution in [3.8, 4) is 0 Å². The fourth-order valence-corrected chi connectivity index (χ4v) is 5.11. The molecule has 0 radical (unpaired) electrons. The Morgan fingerprint density at radius 1 is 1.12 bits per heavy atom. The van der Waals surface area contributed by atoms with Crippen molar-refractivity contribution < 1.29 is 14.0 Å². The van der Waals surface area contributed by atoms with Gasteiger partial charge in [-0.1, -0.05) is 66.4 Å². The summed E-state index contributed by atoms with van der Waals surface area (Å²) in [5.41, 5.74) is 1.75. The largest absolute Gasteiger partial charge is 0.351 e. The molecular formula is C24H22Cl2FN3O2S. The molecule has 0 spiro atoms. The number of rotatable bonds is 6. The highest BCUT2D eigenvalue weighted by atomic mass is 35.5. The van der Waals surface area contributed by atoms with E-state index in [2.05, 4.69) is 9.69 Å². The number of hydrogen-bond donors (Lipinski definition) is 1. The molecule has 1 N–H and O–H groups in total. The van der Waals surface area contributed by atoms with E-state index >= 15 is 0 Å². The summed E-state index contributed by atoms with van der Waals surface area (Å²) in [7, 11) is 0. The van der Waals surface area contributed by atoms with E-state index in [1.807, 2.05) is 19.1 Å². The molecule has 1 atom stereocenters. The SMILES string of the molecule is Cc1ccccc1N(C(=O)c1nsc(Cl)c1Cl)[C@@H](C(=O)NC1CCCC1)c1ccc(F)cc1. The second kappa shape index (κ2) is 10.2. The van der Waals surface area contributed by atoms with Crippen LogP contribution in [0.2, 0.25) is 9.36 Å². The molecule has 1 aliphatic carbocycles. The zero-order valence-corrected chi connectivity index (χ0v) is 20.2. The van der Waals surface area contributed by atoms with Crippen LogP contribution < -0.4 is 10.2 Å². The number of nitrogens with one attached hydrogen (secondary N) is 1. The first kappa shape index (κ1) is 23.7. The number of aryl methyl sites for hydroxylation is 1. The molecule has 4 rings (SSSR count). The lowest BCUT2D eigenvalue weighted by Crippen LogP contribution is -2.46. The number of aromatic nitrogens is 1. The van der Waals surface area contributed by atoms with E-state index < -0.39 is 17.8 Å². The molecule has 1 aliphatic rings. The molecule has 9 heteroatoms. The van der Waals surface area contributed by atoms with Crippen LogP contribution in [0, 0.1) is 12.7 Å². The fraction of sp³-hybridized carbons (Fsp3) is 0.292.